The summed E-state index contributed by atoms with van der Waals surface area (Å²) in [6, 6.07) is 30.5. The molecular formula is C37H36N2O8S. The topological polar surface area (TPSA) is 124 Å². The maximum Gasteiger partial charge on any atom is 0.408 e. The zero-order valence-corrected chi connectivity index (χ0v) is 27.1. The second-order valence-electron chi connectivity index (χ2n) is 11.4. The zero-order chi connectivity index (χ0) is 33.5. The van der Waals surface area contributed by atoms with Gasteiger partial charge in [0.05, 0.1) is 38.0 Å². The van der Waals surface area contributed by atoms with E-state index in [0.29, 0.717) is 23.4 Å². The van der Waals surface area contributed by atoms with E-state index in [1.807, 2.05) is 84.9 Å². The van der Waals surface area contributed by atoms with Crippen molar-refractivity contribution >= 4 is 35.4 Å². The number of carbonyl (C=O) groups excluding carboxylic acids is 3. The normalized spacial score (nSPS) is 20.8. The van der Waals surface area contributed by atoms with Crippen LogP contribution in [0.25, 0.3) is 0 Å². The van der Waals surface area contributed by atoms with E-state index >= 15 is 0 Å². The molecule has 0 aliphatic carbocycles. The SMILES string of the molecule is COc1ccccc1SC[C@H]1C[C@@H](c2ccc(CO)cc2)O[C@@H](c2cccc(N3C(=O)CC(NC(=O)OCc4ccccc4)C3=O)c2)O1. The summed E-state index contributed by atoms with van der Waals surface area (Å²) in [4.78, 5) is 41.0. The lowest BCUT2D eigenvalue weighted by atomic mass is 10.0. The number of alkyl carbamates (subject to hydrolysis) is 1. The number of hydrogen-bond donors (Lipinski definition) is 2. The van der Waals surface area contributed by atoms with Gasteiger partial charge in [0.2, 0.25) is 5.91 Å². The number of thioether (sulfide) groups is 1. The molecule has 4 atom stereocenters. The Morgan fingerprint density at radius 3 is 2.46 bits per heavy atom. The lowest BCUT2D eigenvalue weighted by Crippen LogP contribution is -2.42. The first-order valence-corrected chi connectivity index (χ1v) is 16.6. The monoisotopic (exact) mass is 668 g/mol. The van der Waals surface area contributed by atoms with Crippen LogP contribution in [0.5, 0.6) is 5.75 Å². The number of aliphatic hydroxyl groups is 1. The highest BCUT2D eigenvalue weighted by molar-refractivity contribution is 7.99. The average molecular weight is 669 g/mol. The van der Waals surface area contributed by atoms with Crippen molar-refractivity contribution in [2.24, 2.45) is 0 Å². The molecule has 3 amide bonds. The van der Waals surface area contributed by atoms with Crippen molar-refractivity contribution in [1.82, 2.24) is 5.32 Å². The molecule has 11 heteroatoms. The zero-order valence-electron chi connectivity index (χ0n) is 26.3. The smallest absolute Gasteiger partial charge is 0.408 e. The van der Waals surface area contributed by atoms with Gasteiger partial charge in [0.15, 0.2) is 6.29 Å². The van der Waals surface area contributed by atoms with Crippen LogP contribution in [0.4, 0.5) is 10.5 Å². The number of nitrogens with zero attached hydrogens (tertiary/aromatic N) is 1. The van der Waals surface area contributed by atoms with Gasteiger partial charge < -0.3 is 29.4 Å². The van der Waals surface area contributed by atoms with Crippen molar-refractivity contribution in [3.05, 3.63) is 125 Å². The van der Waals surface area contributed by atoms with E-state index in [4.69, 9.17) is 18.9 Å². The molecule has 2 heterocycles. The van der Waals surface area contributed by atoms with Crippen LogP contribution in [0.15, 0.2) is 108 Å². The van der Waals surface area contributed by atoms with Gasteiger partial charge in [-0.25, -0.2) is 9.69 Å². The van der Waals surface area contributed by atoms with Gasteiger partial charge in [-0.05, 0) is 41.0 Å². The van der Waals surface area contributed by atoms with E-state index in [1.54, 1.807) is 37.1 Å². The number of nitrogens with one attached hydrogen (secondary N) is 1. The minimum Gasteiger partial charge on any atom is -0.496 e. The Morgan fingerprint density at radius 1 is 0.917 bits per heavy atom. The number of amides is 3. The molecule has 0 spiro atoms. The summed E-state index contributed by atoms with van der Waals surface area (Å²) < 4.78 is 23.8. The van der Waals surface area contributed by atoms with Crippen molar-refractivity contribution in [3.8, 4) is 5.75 Å². The van der Waals surface area contributed by atoms with E-state index in [-0.39, 0.29) is 31.8 Å². The number of benzene rings is 4. The van der Waals surface area contributed by atoms with Gasteiger partial charge in [0, 0.05) is 22.6 Å². The van der Waals surface area contributed by atoms with Crippen LogP contribution in [-0.4, -0.2) is 48.0 Å². The van der Waals surface area contributed by atoms with Crippen LogP contribution >= 0.6 is 11.8 Å². The highest BCUT2D eigenvalue weighted by Crippen LogP contribution is 2.41. The number of imide groups is 1. The summed E-state index contributed by atoms with van der Waals surface area (Å²) in [7, 11) is 1.64. The predicted molar refractivity (Wildman–Crippen MR) is 179 cm³/mol. The molecule has 2 aliphatic heterocycles. The number of anilines is 1. The fraction of sp³-hybridized carbons (Fsp3) is 0.270. The lowest BCUT2D eigenvalue weighted by Gasteiger charge is -2.36. The van der Waals surface area contributed by atoms with Gasteiger partial charge in [-0.15, -0.1) is 11.8 Å². The van der Waals surface area contributed by atoms with E-state index < -0.39 is 30.2 Å². The van der Waals surface area contributed by atoms with Gasteiger partial charge in [0.25, 0.3) is 5.91 Å². The largest absolute Gasteiger partial charge is 0.496 e. The molecule has 48 heavy (non-hydrogen) atoms. The summed E-state index contributed by atoms with van der Waals surface area (Å²) in [6.07, 6.45) is -1.69. The lowest BCUT2D eigenvalue weighted by molar-refractivity contribution is -0.245. The van der Waals surface area contributed by atoms with Crippen LogP contribution in [-0.2, 0) is 37.0 Å². The number of ether oxygens (including phenoxy) is 4. The number of methoxy groups -OCH3 is 1. The molecular weight excluding hydrogens is 632 g/mol. The van der Waals surface area contributed by atoms with Gasteiger partial charge in [-0.3, -0.25) is 9.59 Å². The highest BCUT2D eigenvalue weighted by atomic mass is 32.2. The predicted octanol–water partition coefficient (Wildman–Crippen LogP) is 6.08. The van der Waals surface area contributed by atoms with Gasteiger partial charge >= 0.3 is 6.09 Å². The third kappa shape index (κ3) is 7.88. The maximum absolute atomic E-state index is 13.4. The molecule has 0 saturated carbocycles. The second-order valence-corrected chi connectivity index (χ2v) is 12.5. The Kier molecular flexibility index (Phi) is 10.7. The Balaban J connectivity index is 1.17. The Hall–Kier alpha value is -4.68. The first kappa shape index (κ1) is 33.2. The molecule has 248 valence electrons. The molecule has 1 unspecified atom stereocenters. The molecule has 2 N–H and O–H groups in total. The summed E-state index contributed by atoms with van der Waals surface area (Å²) in [5.41, 5.74) is 3.54. The quantitative estimate of drug-likeness (QED) is 0.145. The minimum atomic E-state index is -1.05. The van der Waals surface area contributed by atoms with Crippen LogP contribution in [0, 0.1) is 0 Å². The summed E-state index contributed by atoms with van der Waals surface area (Å²) in [6.45, 7) is -0.0126. The molecule has 4 aromatic rings. The van der Waals surface area contributed by atoms with E-state index in [0.717, 1.165) is 32.2 Å². The Labute approximate surface area is 283 Å². The average Bonchev–Trinajstić information content (AvgIpc) is 3.41. The van der Waals surface area contributed by atoms with E-state index in [9.17, 15) is 19.5 Å². The first-order valence-electron chi connectivity index (χ1n) is 15.6. The Morgan fingerprint density at radius 2 is 1.69 bits per heavy atom. The standard InChI is InChI=1S/C37H36N2O8S/c1-44-31-12-5-6-13-33(31)48-23-29-19-32(26-16-14-24(21-40)15-17-26)47-36(46-29)27-10-7-11-28(18-27)39-34(41)20-30(35(39)42)38-37(43)45-22-25-8-3-2-4-9-25/h2-18,29-30,32,36,40H,19-23H2,1H3,(H,38,43)/t29-,30?,32+,36+/m1/s1. The van der Waals surface area contributed by atoms with E-state index in [1.165, 1.54) is 0 Å². The molecule has 2 aliphatic rings. The van der Waals surface area contributed by atoms with Crippen LogP contribution in [0.3, 0.4) is 0 Å². The first-order chi connectivity index (χ1) is 23.4. The maximum atomic E-state index is 13.4. The number of aliphatic hydroxyl groups excluding tert-OH is 1. The molecule has 10 nitrogen and oxygen atoms in total. The summed E-state index contributed by atoms with van der Waals surface area (Å²) >= 11 is 1.63. The van der Waals surface area contributed by atoms with Gasteiger partial charge in [0.1, 0.15) is 18.4 Å². The van der Waals surface area contributed by atoms with Crippen molar-refractivity contribution < 1.29 is 38.4 Å². The number of para-hydroxylation sites is 1. The van der Waals surface area contributed by atoms with Crippen LogP contribution < -0.4 is 15.0 Å². The number of carbonyl (C=O) groups is 3. The molecule has 6 rings (SSSR count). The fourth-order valence-corrected chi connectivity index (χ4v) is 6.73. The number of rotatable bonds is 11. The van der Waals surface area contributed by atoms with Gasteiger partial charge in [-0.2, -0.15) is 0 Å². The second kappa shape index (κ2) is 15.5. The fourth-order valence-electron chi connectivity index (χ4n) is 5.68. The molecule has 2 fully saturated rings. The number of hydrogen-bond acceptors (Lipinski definition) is 9. The van der Waals surface area contributed by atoms with E-state index in [2.05, 4.69) is 5.32 Å². The Bertz CT molecular complexity index is 1740. The minimum absolute atomic E-state index is 0.0413. The molecule has 0 radical (unpaired) electrons. The van der Waals surface area contributed by atoms with Crippen molar-refractivity contribution in [2.75, 3.05) is 17.8 Å². The van der Waals surface area contributed by atoms with Crippen LogP contribution in [0.1, 0.15) is 47.5 Å². The van der Waals surface area contributed by atoms with Crippen molar-refractivity contribution in [3.63, 3.8) is 0 Å². The van der Waals surface area contributed by atoms with Crippen LogP contribution in [0.2, 0.25) is 0 Å². The van der Waals surface area contributed by atoms with Crippen molar-refractivity contribution in [2.45, 2.75) is 55.5 Å². The molecule has 0 bridgehead atoms. The molecule has 0 aromatic heterocycles. The molecule has 2 saturated heterocycles. The third-order valence-electron chi connectivity index (χ3n) is 8.16. The summed E-state index contributed by atoms with van der Waals surface area (Å²) in [5, 5.41) is 12.1. The van der Waals surface area contributed by atoms with Crippen molar-refractivity contribution in [1.29, 1.82) is 0 Å². The van der Waals surface area contributed by atoms with Gasteiger partial charge in [-0.1, -0.05) is 78.9 Å². The summed E-state index contributed by atoms with van der Waals surface area (Å²) in [5.74, 6) is 0.422. The highest BCUT2D eigenvalue weighted by Gasteiger charge is 2.41. The molecule has 4 aromatic carbocycles. The third-order valence-corrected chi connectivity index (χ3v) is 9.35.